The van der Waals surface area contributed by atoms with Crippen LogP contribution in [-0.2, 0) is 10.0 Å². The van der Waals surface area contributed by atoms with Crippen LogP contribution in [0.1, 0.15) is 13.3 Å². The van der Waals surface area contributed by atoms with E-state index in [0.29, 0.717) is 13.0 Å². The first-order chi connectivity index (χ1) is 7.95. The largest absolute Gasteiger partial charge is 0.396 e. The van der Waals surface area contributed by atoms with Crippen molar-refractivity contribution in [3.8, 4) is 0 Å². The first kappa shape index (κ1) is 14.6. The maximum atomic E-state index is 11.9. The molecule has 6 heteroatoms. The molecule has 4 nitrogen and oxygen atoms in total. The predicted molar refractivity (Wildman–Crippen MR) is 70.2 cm³/mol. The summed E-state index contributed by atoms with van der Waals surface area (Å²) >= 11 is 3.25. The Morgan fingerprint density at radius 2 is 1.94 bits per heavy atom. The van der Waals surface area contributed by atoms with Gasteiger partial charge in [-0.1, -0.05) is 22.9 Å². The van der Waals surface area contributed by atoms with Gasteiger partial charge < -0.3 is 5.11 Å². The molecule has 0 saturated heterocycles. The molecule has 0 spiro atoms. The minimum atomic E-state index is -3.44. The van der Waals surface area contributed by atoms with Crippen molar-refractivity contribution in [1.82, 2.24) is 4.72 Å². The maximum Gasteiger partial charge on any atom is 0.240 e. The third-order valence-electron chi connectivity index (χ3n) is 2.37. The summed E-state index contributed by atoms with van der Waals surface area (Å²) in [6.07, 6.45) is 0.586. The highest BCUT2D eigenvalue weighted by Gasteiger charge is 2.14. The molecule has 17 heavy (non-hydrogen) atoms. The molecular formula is C11H16BrNO3S. The average molecular weight is 322 g/mol. The summed E-state index contributed by atoms with van der Waals surface area (Å²) in [7, 11) is -3.44. The molecule has 1 rings (SSSR count). The summed E-state index contributed by atoms with van der Waals surface area (Å²) in [5.74, 6) is 0.116. The number of nitrogens with one attached hydrogen (secondary N) is 1. The molecular weight excluding hydrogens is 306 g/mol. The fourth-order valence-corrected chi connectivity index (χ4v) is 2.70. The molecule has 2 N–H and O–H groups in total. The number of hydrogen-bond acceptors (Lipinski definition) is 3. The van der Waals surface area contributed by atoms with Gasteiger partial charge in [-0.25, -0.2) is 13.1 Å². The van der Waals surface area contributed by atoms with E-state index in [4.69, 9.17) is 5.11 Å². The SMILES string of the molecule is CC(CCO)CNS(=O)(=O)c1ccc(Br)cc1. The predicted octanol–water partition coefficient (Wildman–Crippen LogP) is 1.75. The molecule has 0 aliphatic heterocycles. The molecule has 1 aromatic carbocycles. The van der Waals surface area contributed by atoms with E-state index in [-0.39, 0.29) is 17.4 Å². The normalized spacial score (nSPS) is 13.6. The molecule has 0 saturated carbocycles. The van der Waals surface area contributed by atoms with Crippen LogP contribution in [-0.4, -0.2) is 26.7 Å². The quantitative estimate of drug-likeness (QED) is 0.838. The van der Waals surface area contributed by atoms with Gasteiger partial charge in [0.15, 0.2) is 0 Å². The van der Waals surface area contributed by atoms with E-state index >= 15 is 0 Å². The Morgan fingerprint density at radius 1 is 1.35 bits per heavy atom. The second-order valence-electron chi connectivity index (χ2n) is 3.92. The van der Waals surface area contributed by atoms with Crippen molar-refractivity contribution in [3.05, 3.63) is 28.7 Å². The Labute approximate surface area is 110 Å². The third kappa shape index (κ3) is 4.75. The average Bonchev–Trinajstić information content (AvgIpc) is 2.28. The number of aliphatic hydroxyl groups excluding tert-OH is 1. The van der Waals surface area contributed by atoms with Gasteiger partial charge in [0, 0.05) is 17.6 Å². The van der Waals surface area contributed by atoms with Crippen molar-refractivity contribution < 1.29 is 13.5 Å². The van der Waals surface area contributed by atoms with Crippen LogP contribution < -0.4 is 4.72 Å². The molecule has 96 valence electrons. The summed E-state index contributed by atoms with van der Waals surface area (Å²) in [6.45, 7) is 2.29. The summed E-state index contributed by atoms with van der Waals surface area (Å²) < 4.78 is 27.1. The number of halogens is 1. The highest BCUT2D eigenvalue weighted by atomic mass is 79.9. The maximum absolute atomic E-state index is 11.9. The zero-order valence-electron chi connectivity index (χ0n) is 9.56. The highest BCUT2D eigenvalue weighted by Crippen LogP contribution is 2.14. The van der Waals surface area contributed by atoms with Crippen molar-refractivity contribution in [2.45, 2.75) is 18.2 Å². The van der Waals surface area contributed by atoms with Gasteiger partial charge in [-0.05, 0) is 36.6 Å². The van der Waals surface area contributed by atoms with Crippen molar-refractivity contribution in [2.24, 2.45) is 5.92 Å². The Kier molecular flexibility index (Phi) is 5.58. The Bertz CT molecular complexity index is 444. The molecule has 0 aliphatic carbocycles. The van der Waals surface area contributed by atoms with E-state index in [1.165, 1.54) is 0 Å². The standard InChI is InChI=1S/C11H16BrNO3S/c1-9(6-7-14)8-13-17(15,16)11-4-2-10(12)3-5-11/h2-5,9,13-14H,6-8H2,1H3. The van der Waals surface area contributed by atoms with Gasteiger partial charge in [-0.15, -0.1) is 0 Å². The van der Waals surface area contributed by atoms with Crippen LogP contribution in [0.25, 0.3) is 0 Å². The van der Waals surface area contributed by atoms with Crippen LogP contribution >= 0.6 is 15.9 Å². The van der Waals surface area contributed by atoms with Crippen LogP contribution in [0.2, 0.25) is 0 Å². The van der Waals surface area contributed by atoms with E-state index in [1.807, 2.05) is 6.92 Å². The van der Waals surface area contributed by atoms with E-state index in [0.717, 1.165) is 4.47 Å². The van der Waals surface area contributed by atoms with Gasteiger partial charge in [0.05, 0.1) is 4.90 Å². The van der Waals surface area contributed by atoms with Gasteiger partial charge in [-0.3, -0.25) is 0 Å². The van der Waals surface area contributed by atoms with Crippen LogP contribution in [0, 0.1) is 5.92 Å². The number of sulfonamides is 1. The molecule has 1 atom stereocenters. The molecule has 0 radical (unpaired) electrons. The fraction of sp³-hybridized carbons (Fsp3) is 0.455. The highest BCUT2D eigenvalue weighted by molar-refractivity contribution is 9.10. The molecule has 0 amide bonds. The monoisotopic (exact) mass is 321 g/mol. The van der Waals surface area contributed by atoms with Crippen LogP contribution in [0.5, 0.6) is 0 Å². The smallest absolute Gasteiger partial charge is 0.240 e. The minimum absolute atomic E-state index is 0.0706. The zero-order valence-corrected chi connectivity index (χ0v) is 12.0. The second-order valence-corrected chi connectivity index (χ2v) is 6.61. The van der Waals surface area contributed by atoms with Gasteiger partial charge in [0.2, 0.25) is 10.0 Å². The number of rotatable bonds is 6. The lowest BCUT2D eigenvalue weighted by molar-refractivity contribution is 0.263. The van der Waals surface area contributed by atoms with Crippen LogP contribution in [0.3, 0.4) is 0 Å². The van der Waals surface area contributed by atoms with E-state index < -0.39 is 10.0 Å². The lowest BCUT2D eigenvalue weighted by atomic mass is 10.1. The number of hydrogen-bond donors (Lipinski definition) is 2. The summed E-state index contributed by atoms with van der Waals surface area (Å²) in [4.78, 5) is 0.247. The Hall–Kier alpha value is -0.430. The number of benzene rings is 1. The Morgan fingerprint density at radius 3 is 2.47 bits per heavy atom. The van der Waals surface area contributed by atoms with Crippen molar-refractivity contribution in [3.63, 3.8) is 0 Å². The summed E-state index contributed by atoms with van der Waals surface area (Å²) in [5, 5.41) is 8.73. The van der Waals surface area contributed by atoms with Crippen molar-refractivity contribution in [2.75, 3.05) is 13.2 Å². The summed E-state index contributed by atoms with van der Waals surface area (Å²) in [5.41, 5.74) is 0. The van der Waals surface area contributed by atoms with E-state index in [1.54, 1.807) is 24.3 Å². The van der Waals surface area contributed by atoms with E-state index in [9.17, 15) is 8.42 Å². The molecule has 0 aromatic heterocycles. The van der Waals surface area contributed by atoms with Crippen molar-refractivity contribution in [1.29, 1.82) is 0 Å². The van der Waals surface area contributed by atoms with Gasteiger partial charge in [0.25, 0.3) is 0 Å². The molecule has 0 heterocycles. The topological polar surface area (TPSA) is 66.4 Å². The molecule has 0 fully saturated rings. The first-order valence-corrected chi connectivity index (χ1v) is 7.59. The van der Waals surface area contributed by atoms with Gasteiger partial charge in [0.1, 0.15) is 0 Å². The second kappa shape index (κ2) is 6.49. The third-order valence-corrected chi connectivity index (χ3v) is 4.34. The zero-order chi connectivity index (χ0) is 12.9. The molecule has 1 unspecified atom stereocenters. The van der Waals surface area contributed by atoms with Gasteiger partial charge in [-0.2, -0.15) is 0 Å². The van der Waals surface area contributed by atoms with Gasteiger partial charge >= 0.3 is 0 Å². The lowest BCUT2D eigenvalue weighted by Crippen LogP contribution is -2.28. The summed E-state index contributed by atoms with van der Waals surface area (Å²) in [6, 6.07) is 6.46. The van der Waals surface area contributed by atoms with Crippen LogP contribution in [0.15, 0.2) is 33.6 Å². The Balaban J connectivity index is 2.66. The first-order valence-electron chi connectivity index (χ1n) is 5.32. The fourth-order valence-electron chi connectivity index (χ4n) is 1.27. The molecule has 1 aromatic rings. The van der Waals surface area contributed by atoms with E-state index in [2.05, 4.69) is 20.7 Å². The lowest BCUT2D eigenvalue weighted by Gasteiger charge is -2.11. The van der Waals surface area contributed by atoms with Crippen LogP contribution in [0.4, 0.5) is 0 Å². The molecule has 0 aliphatic rings. The molecule has 0 bridgehead atoms. The van der Waals surface area contributed by atoms with Crippen molar-refractivity contribution >= 4 is 26.0 Å². The number of aliphatic hydroxyl groups is 1. The minimum Gasteiger partial charge on any atom is -0.396 e.